The topological polar surface area (TPSA) is 17.1 Å². The van der Waals surface area contributed by atoms with E-state index in [2.05, 4.69) is 13.8 Å². The lowest BCUT2D eigenvalue weighted by molar-refractivity contribution is -0.127. The predicted octanol–water partition coefficient (Wildman–Crippen LogP) is 4.99. The largest absolute Gasteiger partial charge is 0.299 e. The van der Waals surface area contributed by atoms with Gasteiger partial charge in [-0.2, -0.15) is 0 Å². The molecule has 0 heterocycles. The molecule has 2 atom stereocenters. The number of rotatable bonds is 4. The fourth-order valence-electron chi connectivity index (χ4n) is 4.23. The highest BCUT2D eigenvalue weighted by molar-refractivity contribution is 5.81. The van der Waals surface area contributed by atoms with Crippen LogP contribution in [0.25, 0.3) is 0 Å². The van der Waals surface area contributed by atoms with Crippen molar-refractivity contribution in [2.24, 2.45) is 23.7 Å². The monoisotopic (exact) mass is 250 g/mol. The molecule has 2 aliphatic rings. The fraction of sp³-hybridized carbons (Fsp3) is 0.941. The third-order valence-corrected chi connectivity index (χ3v) is 5.58. The highest BCUT2D eigenvalue weighted by atomic mass is 16.1. The van der Waals surface area contributed by atoms with E-state index in [1.165, 1.54) is 51.4 Å². The number of hydrogen-bond donors (Lipinski definition) is 0. The van der Waals surface area contributed by atoms with Crippen LogP contribution >= 0.6 is 0 Å². The van der Waals surface area contributed by atoms with Crippen LogP contribution in [0.1, 0.15) is 78.1 Å². The molecule has 0 aliphatic heterocycles. The molecule has 0 aromatic rings. The van der Waals surface area contributed by atoms with Crippen molar-refractivity contribution in [3.8, 4) is 0 Å². The lowest BCUT2D eigenvalue weighted by Crippen LogP contribution is -2.31. The van der Waals surface area contributed by atoms with E-state index in [-0.39, 0.29) is 0 Å². The standard InChI is InChI=1S/C17H30O/c1-3-5-15-10-11-16(12-17(15)18)14-8-6-13(4-2)7-9-14/h13-16H,3-12H2,1-2H3. The molecule has 2 saturated carbocycles. The average molecular weight is 250 g/mol. The summed E-state index contributed by atoms with van der Waals surface area (Å²) in [5, 5.41) is 0. The summed E-state index contributed by atoms with van der Waals surface area (Å²) < 4.78 is 0. The Bertz CT molecular complexity index is 263. The minimum absolute atomic E-state index is 0.415. The second-order valence-corrected chi connectivity index (χ2v) is 6.68. The van der Waals surface area contributed by atoms with Crippen LogP contribution in [0.4, 0.5) is 0 Å². The Kier molecular flexibility index (Phi) is 5.26. The molecule has 0 N–H and O–H groups in total. The second-order valence-electron chi connectivity index (χ2n) is 6.68. The molecular formula is C17H30O. The van der Waals surface area contributed by atoms with Gasteiger partial charge in [0, 0.05) is 12.3 Å². The molecule has 0 saturated heterocycles. The third kappa shape index (κ3) is 3.36. The third-order valence-electron chi connectivity index (χ3n) is 5.58. The predicted molar refractivity (Wildman–Crippen MR) is 76.5 cm³/mol. The summed E-state index contributed by atoms with van der Waals surface area (Å²) in [6, 6.07) is 0. The molecule has 104 valence electrons. The van der Waals surface area contributed by atoms with E-state index in [1.807, 2.05) is 0 Å². The van der Waals surface area contributed by atoms with Crippen LogP contribution in [0.5, 0.6) is 0 Å². The zero-order valence-corrected chi connectivity index (χ0v) is 12.3. The Morgan fingerprint density at radius 3 is 2.17 bits per heavy atom. The number of hydrogen-bond acceptors (Lipinski definition) is 1. The molecule has 2 fully saturated rings. The maximum atomic E-state index is 12.2. The van der Waals surface area contributed by atoms with Gasteiger partial charge >= 0.3 is 0 Å². The highest BCUT2D eigenvalue weighted by Gasteiger charge is 2.33. The van der Waals surface area contributed by atoms with Crippen molar-refractivity contribution < 1.29 is 4.79 Å². The summed E-state index contributed by atoms with van der Waals surface area (Å²) in [6.07, 6.45) is 12.7. The van der Waals surface area contributed by atoms with Crippen molar-refractivity contribution in [3.63, 3.8) is 0 Å². The zero-order valence-electron chi connectivity index (χ0n) is 12.3. The van der Waals surface area contributed by atoms with Crippen molar-refractivity contribution in [1.82, 2.24) is 0 Å². The first-order valence-corrected chi connectivity index (χ1v) is 8.27. The molecule has 0 amide bonds. The average Bonchev–Trinajstić information content (AvgIpc) is 2.41. The van der Waals surface area contributed by atoms with Gasteiger partial charge in [0.2, 0.25) is 0 Å². The quantitative estimate of drug-likeness (QED) is 0.687. The SMILES string of the molecule is CCCC1CCC(C2CCC(CC)CC2)CC1=O. The van der Waals surface area contributed by atoms with Crippen molar-refractivity contribution in [2.45, 2.75) is 78.1 Å². The Hall–Kier alpha value is -0.330. The molecule has 18 heavy (non-hydrogen) atoms. The van der Waals surface area contributed by atoms with Gasteiger partial charge in [-0.05, 0) is 49.9 Å². The number of Topliss-reactive ketones (excluding diaryl/α,β-unsaturated/α-hetero) is 1. The second kappa shape index (κ2) is 6.73. The van der Waals surface area contributed by atoms with Crippen molar-refractivity contribution in [1.29, 1.82) is 0 Å². The number of carbonyl (C=O) groups is 1. The number of ketones is 1. The first kappa shape index (κ1) is 14.1. The Morgan fingerprint density at radius 1 is 0.944 bits per heavy atom. The van der Waals surface area contributed by atoms with Gasteiger partial charge in [0.25, 0.3) is 0 Å². The molecule has 2 unspecified atom stereocenters. The molecule has 0 spiro atoms. The van der Waals surface area contributed by atoms with Crippen LogP contribution in [-0.4, -0.2) is 5.78 Å². The van der Waals surface area contributed by atoms with E-state index in [0.29, 0.717) is 11.7 Å². The summed E-state index contributed by atoms with van der Waals surface area (Å²) in [4.78, 5) is 12.2. The maximum Gasteiger partial charge on any atom is 0.136 e. The molecule has 1 nitrogen and oxygen atoms in total. The van der Waals surface area contributed by atoms with Crippen LogP contribution in [0.15, 0.2) is 0 Å². The molecule has 2 aliphatic carbocycles. The van der Waals surface area contributed by atoms with E-state index < -0.39 is 0 Å². The van der Waals surface area contributed by atoms with E-state index in [9.17, 15) is 4.79 Å². The Labute approximate surface area is 113 Å². The van der Waals surface area contributed by atoms with Crippen LogP contribution in [0, 0.1) is 23.7 Å². The van der Waals surface area contributed by atoms with Crippen LogP contribution < -0.4 is 0 Å². The fourth-order valence-corrected chi connectivity index (χ4v) is 4.23. The number of carbonyl (C=O) groups excluding carboxylic acids is 1. The van der Waals surface area contributed by atoms with Crippen LogP contribution in [0.3, 0.4) is 0 Å². The molecule has 0 aromatic heterocycles. The minimum Gasteiger partial charge on any atom is -0.299 e. The van der Waals surface area contributed by atoms with Gasteiger partial charge in [0.15, 0.2) is 0 Å². The smallest absolute Gasteiger partial charge is 0.136 e. The van der Waals surface area contributed by atoms with Gasteiger partial charge in [0.05, 0.1) is 0 Å². The molecule has 2 rings (SSSR count). The van der Waals surface area contributed by atoms with Crippen LogP contribution in [0.2, 0.25) is 0 Å². The minimum atomic E-state index is 0.415. The van der Waals surface area contributed by atoms with Gasteiger partial charge in [0.1, 0.15) is 5.78 Å². The van der Waals surface area contributed by atoms with Crippen LogP contribution in [-0.2, 0) is 4.79 Å². The summed E-state index contributed by atoms with van der Waals surface area (Å²) in [6.45, 7) is 4.52. The first-order chi connectivity index (χ1) is 8.74. The van der Waals surface area contributed by atoms with E-state index in [1.54, 1.807) is 0 Å². The molecule has 1 heteroatoms. The summed E-state index contributed by atoms with van der Waals surface area (Å²) in [5.74, 6) is 3.60. The van der Waals surface area contributed by atoms with Crippen molar-refractivity contribution >= 4 is 5.78 Å². The van der Waals surface area contributed by atoms with E-state index in [0.717, 1.165) is 30.6 Å². The molecule has 0 radical (unpaired) electrons. The highest BCUT2D eigenvalue weighted by Crippen LogP contribution is 2.41. The summed E-state index contributed by atoms with van der Waals surface area (Å²) in [5.41, 5.74) is 0. The van der Waals surface area contributed by atoms with Gasteiger partial charge in [-0.1, -0.05) is 39.5 Å². The van der Waals surface area contributed by atoms with Gasteiger partial charge in [-0.15, -0.1) is 0 Å². The van der Waals surface area contributed by atoms with E-state index >= 15 is 0 Å². The summed E-state index contributed by atoms with van der Waals surface area (Å²) in [7, 11) is 0. The van der Waals surface area contributed by atoms with Crippen molar-refractivity contribution in [3.05, 3.63) is 0 Å². The zero-order chi connectivity index (χ0) is 13.0. The van der Waals surface area contributed by atoms with Gasteiger partial charge in [-0.3, -0.25) is 4.79 Å². The molecule has 0 aromatic carbocycles. The Morgan fingerprint density at radius 2 is 1.61 bits per heavy atom. The molecule has 0 bridgehead atoms. The van der Waals surface area contributed by atoms with Gasteiger partial charge in [-0.25, -0.2) is 0 Å². The summed E-state index contributed by atoms with van der Waals surface area (Å²) >= 11 is 0. The molecular weight excluding hydrogens is 220 g/mol. The lowest BCUT2D eigenvalue weighted by atomic mass is 9.68. The first-order valence-electron chi connectivity index (χ1n) is 8.27. The van der Waals surface area contributed by atoms with E-state index in [4.69, 9.17) is 0 Å². The Balaban J connectivity index is 1.80. The van der Waals surface area contributed by atoms with Crippen molar-refractivity contribution in [2.75, 3.05) is 0 Å². The lowest BCUT2D eigenvalue weighted by Gasteiger charge is -2.37. The maximum absolute atomic E-state index is 12.2. The van der Waals surface area contributed by atoms with Gasteiger partial charge < -0.3 is 0 Å². The normalized spacial score (nSPS) is 37.8.